The Morgan fingerprint density at radius 2 is 1.86 bits per heavy atom. The highest BCUT2D eigenvalue weighted by Gasteiger charge is 2.32. The molecule has 0 N–H and O–H groups in total. The number of thioether (sulfide) groups is 1. The molecule has 2 rings (SSSR count). The average molecular weight is 314 g/mol. The molecule has 1 heterocycles. The van der Waals surface area contributed by atoms with E-state index in [0.717, 1.165) is 23.6 Å². The van der Waals surface area contributed by atoms with Crippen molar-refractivity contribution in [1.82, 2.24) is 9.97 Å². The van der Waals surface area contributed by atoms with Gasteiger partial charge in [-0.15, -0.1) is 0 Å². The average Bonchev–Trinajstić information content (AvgIpc) is 2.47. The topological polar surface area (TPSA) is 35.0 Å². The van der Waals surface area contributed by atoms with Gasteiger partial charge in [0.2, 0.25) is 0 Å². The van der Waals surface area contributed by atoms with Crippen molar-refractivity contribution in [2.24, 2.45) is 0 Å². The molecule has 0 fully saturated rings. The molecule has 3 nitrogen and oxygen atoms in total. The number of aromatic nitrogens is 2. The molecule has 0 aliphatic heterocycles. The van der Waals surface area contributed by atoms with E-state index < -0.39 is 11.9 Å². The van der Waals surface area contributed by atoms with Crippen molar-refractivity contribution in [3.05, 3.63) is 47.8 Å². The van der Waals surface area contributed by atoms with Crippen LogP contribution >= 0.6 is 11.8 Å². The van der Waals surface area contributed by atoms with E-state index in [9.17, 15) is 13.2 Å². The van der Waals surface area contributed by atoms with Crippen molar-refractivity contribution in [2.75, 3.05) is 12.9 Å². The quantitative estimate of drug-likeness (QED) is 0.620. The molecule has 0 bridgehead atoms. The summed E-state index contributed by atoms with van der Waals surface area (Å²) in [6, 6.07) is 8.41. The summed E-state index contributed by atoms with van der Waals surface area (Å²) >= 11 is 1.20. The minimum absolute atomic E-state index is 0.137. The molecule has 0 saturated heterocycles. The molecule has 1 aromatic carbocycles. The van der Waals surface area contributed by atoms with Gasteiger partial charge in [0.15, 0.2) is 5.16 Å². The Kier molecular flexibility index (Phi) is 5.06. The van der Waals surface area contributed by atoms with Crippen LogP contribution in [0.1, 0.15) is 11.3 Å². The molecule has 112 valence electrons. The Balaban J connectivity index is 1.91. The van der Waals surface area contributed by atoms with E-state index >= 15 is 0 Å². The Hall–Kier alpha value is -1.76. The lowest BCUT2D eigenvalue weighted by Gasteiger charge is -2.07. The third-order valence-electron chi connectivity index (χ3n) is 2.70. The van der Waals surface area contributed by atoms with Gasteiger partial charge in [0.05, 0.1) is 7.11 Å². The first kappa shape index (κ1) is 15.6. The van der Waals surface area contributed by atoms with Crippen molar-refractivity contribution < 1.29 is 17.9 Å². The Labute approximate surface area is 124 Å². The van der Waals surface area contributed by atoms with E-state index in [2.05, 4.69) is 9.97 Å². The standard InChI is InChI=1S/C14H13F3N2OS/c1-20-11-4-2-10(3-5-11)7-9-21-13-18-8-6-12(19-13)14(15,16)17/h2-6,8H,7,9H2,1H3. The van der Waals surface area contributed by atoms with E-state index in [4.69, 9.17) is 4.74 Å². The largest absolute Gasteiger partial charge is 0.497 e. The lowest BCUT2D eigenvalue weighted by Crippen LogP contribution is -2.08. The van der Waals surface area contributed by atoms with E-state index in [0.29, 0.717) is 12.2 Å². The van der Waals surface area contributed by atoms with Crippen LogP contribution in [0.4, 0.5) is 13.2 Å². The third kappa shape index (κ3) is 4.63. The van der Waals surface area contributed by atoms with E-state index in [1.54, 1.807) is 7.11 Å². The van der Waals surface area contributed by atoms with E-state index in [1.165, 1.54) is 11.8 Å². The minimum atomic E-state index is -4.44. The number of halogens is 3. The summed E-state index contributed by atoms with van der Waals surface area (Å²) in [5.41, 5.74) is 0.166. The molecule has 7 heteroatoms. The third-order valence-corrected chi connectivity index (χ3v) is 3.57. The van der Waals surface area contributed by atoms with Gasteiger partial charge in [-0.1, -0.05) is 23.9 Å². The molecule has 21 heavy (non-hydrogen) atoms. The molecular weight excluding hydrogens is 301 g/mol. The minimum Gasteiger partial charge on any atom is -0.497 e. The fourth-order valence-electron chi connectivity index (χ4n) is 1.62. The maximum atomic E-state index is 12.5. The summed E-state index contributed by atoms with van der Waals surface area (Å²) in [6.45, 7) is 0. The predicted octanol–water partition coefficient (Wildman–Crippen LogP) is 3.84. The highest BCUT2D eigenvalue weighted by molar-refractivity contribution is 7.99. The number of hydrogen-bond acceptors (Lipinski definition) is 4. The number of benzene rings is 1. The first-order valence-corrected chi connectivity index (χ1v) is 7.13. The SMILES string of the molecule is COc1ccc(CCSc2nccc(C(F)(F)F)n2)cc1. The van der Waals surface area contributed by atoms with E-state index in [1.807, 2.05) is 24.3 Å². The van der Waals surface area contributed by atoms with Crippen molar-refractivity contribution >= 4 is 11.8 Å². The number of methoxy groups -OCH3 is 1. The van der Waals surface area contributed by atoms with Gasteiger partial charge in [0, 0.05) is 11.9 Å². The number of hydrogen-bond donors (Lipinski definition) is 0. The molecule has 0 aliphatic rings. The fourth-order valence-corrected chi connectivity index (χ4v) is 2.44. The van der Waals surface area contributed by atoms with Crippen molar-refractivity contribution in [3.8, 4) is 5.75 Å². The summed E-state index contributed by atoms with van der Waals surface area (Å²) in [5.74, 6) is 1.38. The van der Waals surface area contributed by atoms with Gasteiger partial charge in [-0.3, -0.25) is 0 Å². The summed E-state index contributed by atoms with van der Waals surface area (Å²) in [4.78, 5) is 7.35. The second-order valence-electron chi connectivity index (χ2n) is 4.17. The number of ether oxygens (including phenoxy) is 1. The molecule has 0 unspecified atom stereocenters. The van der Waals surface area contributed by atoms with Crippen LogP contribution in [-0.2, 0) is 12.6 Å². The number of aryl methyl sites for hydroxylation is 1. The molecule has 0 saturated carbocycles. The van der Waals surface area contributed by atoms with Crippen molar-refractivity contribution in [3.63, 3.8) is 0 Å². The molecule has 0 atom stereocenters. The molecule has 0 aliphatic carbocycles. The lowest BCUT2D eigenvalue weighted by atomic mass is 10.2. The van der Waals surface area contributed by atoms with Crippen molar-refractivity contribution in [2.45, 2.75) is 17.8 Å². The van der Waals surface area contributed by atoms with Crippen molar-refractivity contribution in [1.29, 1.82) is 0 Å². The van der Waals surface area contributed by atoms with Crippen LogP contribution in [0.25, 0.3) is 0 Å². The zero-order chi connectivity index (χ0) is 15.3. The van der Waals surface area contributed by atoms with Gasteiger partial charge in [0.1, 0.15) is 11.4 Å². The number of alkyl halides is 3. The fraction of sp³-hybridized carbons (Fsp3) is 0.286. The second-order valence-corrected chi connectivity index (χ2v) is 5.23. The molecule has 0 amide bonds. The smallest absolute Gasteiger partial charge is 0.433 e. The normalized spacial score (nSPS) is 11.4. The van der Waals surface area contributed by atoms with Crippen LogP contribution in [0, 0.1) is 0 Å². The molecule has 0 radical (unpaired) electrons. The first-order valence-electron chi connectivity index (χ1n) is 6.15. The number of rotatable bonds is 5. The van der Waals surface area contributed by atoms with Crippen LogP contribution in [0.3, 0.4) is 0 Å². The summed E-state index contributed by atoms with van der Waals surface area (Å²) in [6.07, 6.45) is -2.59. The number of nitrogens with zero attached hydrogens (tertiary/aromatic N) is 2. The van der Waals surface area contributed by atoms with Gasteiger partial charge in [-0.25, -0.2) is 9.97 Å². The molecular formula is C14H13F3N2OS. The molecule has 0 spiro atoms. The Bertz CT molecular complexity index is 588. The van der Waals surface area contributed by atoms with Gasteiger partial charge in [-0.2, -0.15) is 13.2 Å². The monoisotopic (exact) mass is 314 g/mol. The van der Waals surface area contributed by atoms with Crippen LogP contribution in [0.15, 0.2) is 41.7 Å². The van der Waals surface area contributed by atoms with Gasteiger partial charge in [-0.05, 0) is 30.2 Å². The van der Waals surface area contributed by atoms with E-state index in [-0.39, 0.29) is 5.16 Å². The van der Waals surface area contributed by atoms with Gasteiger partial charge >= 0.3 is 6.18 Å². The van der Waals surface area contributed by atoms with Crippen LogP contribution in [-0.4, -0.2) is 22.8 Å². The summed E-state index contributed by atoms with van der Waals surface area (Å²) in [7, 11) is 1.59. The molecule has 2 aromatic rings. The van der Waals surface area contributed by atoms with Crippen LogP contribution in [0.2, 0.25) is 0 Å². The zero-order valence-electron chi connectivity index (χ0n) is 11.2. The van der Waals surface area contributed by atoms with Gasteiger partial charge < -0.3 is 4.74 Å². The van der Waals surface area contributed by atoms with Crippen LogP contribution in [0.5, 0.6) is 5.75 Å². The zero-order valence-corrected chi connectivity index (χ0v) is 12.0. The van der Waals surface area contributed by atoms with Crippen LogP contribution < -0.4 is 4.74 Å². The maximum Gasteiger partial charge on any atom is 0.433 e. The first-order chi connectivity index (χ1) is 9.99. The molecule has 1 aromatic heterocycles. The Morgan fingerprint density at radius 3 is 2.48 bits per heavy atom. The Morgan fingerprint density at radius 1 is 1.14 bits per heavy atom. The van der Waals surface area contributed by atoms with Gasteiger partial charge in [0.25, 0.3) is 0 Å². The second kappa shape index (κ2) is 6.80. The lowest BCUT2D eigenvalue weighted by molar-refractivity contribution is -0.141. The highest BCUT2D eigenvalue weighted by atomic mass is 32.2. The summed E-state index contributed by atoms with van der Waals surface area (Å²) in [5, 5.41) is 0.137. The maximum absolute atomic E-state index is 12.5. The highest BCUT2D eigenvalue weighted by Crippen LogP contribution is 2.28. The summed E-state index contributed by atoms with van der Waals surface area (Å²) < 4.78 is 42.6. The predicted molar refractivity (Wildman–Crippen MR) is 74.5 cm³/mol.